The molecule has 57 heavy (non-hydrogen) atoms. The van der Waals surface area contributed by atoms with Gasteiger partial charge in [0.2, 0.25) is 0 Å². The second-order valence-electron chi connectivity index (χ2n) is 16.3. The number of aromatic nitrogens is 2. The lowest BCUT2D eigenvalue weighted by Gasteiger charge is -2.30. The van der Waals surface area contributed by atoms with Crippen molar-refractivity contribution in [2.45, 2.75) is 5.41 Å². The molecule has 2 aliphatic rings. The number of benzene rings is 10. The van der Waals surface area contributed by atoms with Crippen LogP contribution < -0.4 is 0 Å². The lowest BCUT2D eigenvalue weighted by atomic mass is 9.70. The average molecular weight is 719 g/mol. The summed E-state index contributed by atoms with van der Waals surface area (Å²) in [5.41, 5.74) is 18.0. The van der Waals surface area contributed by atoms with Crippen molar-refractivity contribution < 1.29 is 0 Å². The minimum Gasteiger partial charge on any atom is -0.309 e. The van der Waals surface area contributed by atoms with Crippen LogP contribution in [0.25, 0.3) is 109 Å². The molecule has 0 saturated heterocycles. The van der Waals surface area contributed by atoms with Crippen molar-refractivity contribution in [2.24, 2.45) is 0 Å². The Balaban J connectivity index is 1.06. The summed E-state index contributed by atoms with van der Waals surface area (Å²) in [5, 5.41) is 13.2. The molecule has 15 rings (SSSR count). The van der Waals surface area contributed by atoms with Gasteiger partial charge in [-0.15, -0.1) is 0 Å². The van der Waals surface area contributed by atoms with Gasteiger partial charge in [0.05, 0.1) is 33.0 Å². The Hall–Kier alpha value is -7.42. The molecule has 2 aliphatic carbocycles. The van der Waals surface area contributed by atoms with Crippen LogP contribution in [0.15, 0.2) is 182 Å². The van der Waals surface area contributed by atoms with E-state index >= 15 is 0 Å². The Labute approximate surface area is 326 Å². The van der Waals surface area contributed by atoms with Crippen LogP contribution in [0.5, 0.6) is 0 Å². The van der Waals surface area contributed by atoms with Crippen molar-refractivity contribution in [3.8, 4) is 27.9 Å². The lowest BCUT2D eigenvalue weighted by Crippen LogP contribution is -2.25. The molecule has 0 bridgehead atoms. The Morgan fingerprint density at radius 3 is 1.47 bits per heavy atom. The fourth-order valence-electron chi connectivity index (χ4n) is 12.0. The summed E-state index contributed by atoms with van der Waals surface area (Å²) in [4.78, 5) is 0. The quantitative estimate of drug-likeness (QED) is 0.150. The van der Waals surface area contributed by atoms with E-state index in [0.29, 0.717) is 0 Å². The number of hydrogen-bond donors (Lipinski definition) is 0. The molecule has 0 amide bonds. The van der Waals surface area contributed by atoms with Crippen molar-refractivity contribution in [2.75, 3.05) is 0 Å². The van der Waals surface area contributed by atoms with Crippen molar-refractivity contribution in [1.82, 2.24) is 8.97 Å². The summed E-state index contributed by atoms with van der Waals surface area (Å²) in [6.45, 7) is 0. The Morgan fingerprint density at radius 2 is 0.789 bits per heavy atom. The van der Waals surface area contributed by atoms with Crippen LogP contribution >= 0.6 is 0 Å². The van der Waals surface area contributed by atoms with Gasteiger partial charge in [0.15, 0.2) is 0 Å². The number of para-hydroxylation sites is 2. The van der Waals surface area contributed by atoms with Crippen LogP contribution in [0.1, 0.15) is 22.3 Å². The van der Waals surface area contributed by atoms with Gasteiger partial charge in [-0.2, -0.15) is 0 Å². The highest BCUT2D eigenvalue weighted by atomic mass is 15.0. The minimum atomic E-state index is -0.377. The third-order valence-corrected chi connectivity index (χ3v) is 14.0. The molecule has 260 valence electrons. The van der Waals surface area contributed by atoms with Gasteiger partial charge < -0.3 is 8.97 Å². The number of fused-ring (bicyclic) bond motifs is 19. The molecule has 0 saturated carbocycles. The maximum atomic E-state index is 2.58. The maximum absolute atomic E-state index is 2.58. The standard InChI is InChI=1S/C55H30N2/c1-5-20-44-32(12-1)33-13-2-6-21-45(33)55(44)46-22-7-3-14-34(46)42-29-40-36-16-10-24-50-52(36)53-37(41(40)30-47(42)55)17-11-25-51(53)56(50)31-26-27-49-43(28-31)39-19-9-18-38-35-15-4-8-23-48(35)57(49)54(38)39/h1-30H. The number of nitrogens with zero attached hydrogens (tertiary/aromatic N) is 2. The van der Waals surface area contributed by atoms with Crippen molar-refractivity contribution in [3.63, 3.8) is 0 Å². The van der Waals surface area contributed by atoms with Gasteiger partial charge in [-0.1, -0.05) is 133 Å². The molecule has 3 heterocycles. The van der Waals surface area contributed by atoms with Gasteiger partial charge in [-0.25, -0.2) is 0 Å². The predicted molar refractivity (Wildman–Crippen MR) is 238 cm³/mol. The van der Waals surface area contributed by atoms with Crippen molar-refractivity contribution in [3.05, 3.63) is 204 Å². The van der Waals surface area contributed by atoms with Crippen LogP contribution in [-0.2, 0) is 5.41 Å². The average Bonchev–Trinajstić information content (AvgIpc) is 4.05. The highest BCUT2D eigenvalue weighted by Crippen LogP contribution is 2.63. The van der Waals surface area contributed by atoms with E-state index in [2.05, 4.69) is 191 Å². The molecule has 2 heteroatoms. The van der Waals surface area contributed by atoms with Crippen LogP contribution in [0.2, 0.25) is 0 Å². The topological polar surface area (TPSA) is 9.34 Å². The molecule has 0 atom stereocenters. The molecular formula is C55H30N2. The predicted octanol–water partition coefficient (Wildman–Crippen LogP) is 14.0. The summed E-state index contributed by atoms with van der Waals surface area (Å²) in [6, 6.07) is 69.1. The van der Waals surface area contributed by atoms with Gasteiger partial charge in [0.25, 0.3) is 0 Å². The van der Waals surface area contributed by atoms with Crippen LogP contribution in [-0.4, -0.2) is 8.97 Å². The highest BCUT2D eigenvalue weighted by Gasteiger charge is 2.51. The smallest absolute Gasteiger partial charge is 0.0725 e. The van der Waals surface area contributed by atoms with Crippen molar-refractivity contribution in [1.29, 1.82) is 0 Å². The Bertz CT molecular complexity index is 3880. The molecule has 0 radical (unpaired) electrons. The van der Waals surface area contributed by atoms with E-state index in [1.807, 2.05) is 0 Å². The first-order valence-corrected chi connectivity index (χ1v) is 20.0. The molecule has 10 aromatic carbocycles. The van der Waals surface area contributed by atoms with Crippen LogP contribution in [0.3, 0.4) is 0 Å². The molecular weight excluding hydrogens is 689 g/mol. The fourth-order valence-corrected chi connectivity index (χ4v) is 12.0. The summed E-state index contributed by atoms with van der Waals surface area (Å²) >= 11 is 0. The number of hydrogen-bond acceptors (Lipinski definition) is 0. The molecule has 0 aliphatic heterocycles. The zero-order valence-corrected chi connectivity index (χ0v) is 30.7. The van der Waals surface area contributed by atoms with E-state index in [1.165, 1.54) is 132 Å². The molecule has 2 nitrogen and oxygen atoms in total. The summed E-state index contributed by atoms with van der Waals surface area (Å²) in [6.07, 6.45) is 0. The summed E-state index contributed by atoms with van der Waals surface area (Å²) in [7, 11) is 0. The monoisotopic (exact) mass is 718 g/mol. The SMILES string of the molecule is c1ccc2c(c1)-c1ccccc1C21c2ccccc2-c2cc3c(cc21)c1cccc2c1c1c3cccc1n2-c1ccc2c(c1)c1cccc3c4ccccc4n2c31. The van der Waals surface area contributed by atoms with Gasteiger partial charge in [0.1, 0.15) is 0 Å². The van der Waals surface area contributed by atoms with Crippen molar-refractivity contribution >= 4 is 81.4 Å². The second-order valence-corrected chi connectivity index (χ2v) is 16.3. The highest BCUT2D eigenvalue weighted by molar-refractivity contribution is 6.35. The van der Waals surface area contributed by atoms with E-state index in [1.54, 1.807) is 0 Å². The van der Waals surface area contributed by atoms with E-state index in [4.69, 9.17) is 0 Å². The molecule has 0 fully saturated rings. The Morgan fingerprint density at radius 1 is 0.298 bits per heavy atom. The van der Waals surface area contributed by atoms with Gasteiger partial charge >= 0.3 is 0 Å². The van der Waals surface area contributed by atoms with Gasteiger partial charge in [-0.05, 0) is 115 Å². The number of rotatable bonds is 1. The third kappa shape index (κ3) is 3.13. The summed E-state index contributed by atoms with van der Waals surface area (Å²) < 4.78 is 4.99. The largest absolute Gasteiger partial charge is 0.309 e. The first-order chi connectivity index (χ1) is 28.3. The van der Waals surface area contributed by atoms with Crippen LogP contribution in [0, 0.1) is 0 Å². The molecule has 1 spiro atoms. The van der Waals surface area contributed by atoms with E-state index < -0.39 is 0 Å². The first-order valence-electron chi connectivity index (χ1n) is 20.0. The van der Waals surface area contributed by atoms with E-state index in [0.717, 1.165) is 0 Å². The normalized spacial score (nSPS) is 14.1. The minimum absolute atomic E-state index is 0.377. The van der Waals surface area contributed by atoms with E-state index in [-0.39, 0.29) is 5.41 Å². The maximum Gasteiger partial charge on any atom is 0.0725 e. The zero-order chi connectivity index (χ0) is 36.7. The third-order valence-electron chi connectivity index (χ3n) is 14.0. The molecule has 0 N–H and O–H groups in total. The van der Waals surface area contributed by atoms with Gasteiger partial charge in [-0.3, -0.25) is 0 Å². The first kappa shape index (κ1) is 28.9. The molecule has 13 aromatic rings. The molecule has 0 unspecified atom stereocenters. The lowest BCUT2D eigenvalue weighted by molar-refractivity contribution is 0.795. The fraction of sp³-hybridized carbons (Fsp3) is 0.0182. The van der Waals surface area contributed by atoms with E-state index in [9.17, 15) is 0 Å². The summed E-state index contributed by atoms with van der Waals surface area (Å²) in [5.74, 6) is 0. The second kappa shape index (κ2) is 9.68. The van der Waals surface area contributed by atoms with Crippen LogP contribution in [0.4, 0.5) is 0 Å². The Kier molecular flexibility index (Phi) is 4.92. The van der Waals surface area contributed by atoms with Gasteiger partial charge in [0, 0.05) is 38.0 Å². The molecule has 3 aromatic heterocycles. The zero-order valence-electron chi connectivity index (χ0n) is 30.7.